The Bertz CT molecular complexity index is 1260. The van der Waals surface area contributed by atoms with Crippen molar-refractivity contribution < 1.29 is 14.6 Å². The van der Waals surface area contributed by atoms with Gasteiger partial charge in [0.2, 0.25) is 0 Å². The van der Waals surface area contributed by atoms with Crippen LogP contribution in [0.4, 0.5) is 5.69 Å². The molecule has 3 aromatic rings. The zero-order valence-corrected chi connectivity index (χ0v) is 18.3. The maximum absolute atomic E-state index is 12.6. The van der Waals surface area contributed by atoms with E-state index < -0.39 is 0 Å². The van der Waals surface area contributed by atoms with E-state index in [-0.39, 0.29) is 17.2 Å². The third-order valence-electron chi connectivity index (χ3n) is 5.48. The van der Waals surface area contributed by atoms with Gasteiger partial charge >= 0.3 is 0 Å². The minimum atomic E-state index is -0.353. The highest BCUT2D eigenvalue weighted by Crippen LogP contribution is 2.42. The molecule has 0 spiro atoms. The van der Waals surface area contributed by atoms with E-state index in [4.69, 9.17) is 16.3 Å². The van der Waals surface area contributed by atoms with Gasteiger partial charge in [-0.25, -0.2) is 0 Å². The van der Waals surface area contributed by atoms with Crippen LogP contribution < -0.4 is 5.32 Å². The SMILES string of the molecule is Cc1cc(/C(O)=C2\C(=O)Nc3cc(Cl)c(-c4ccc(C5=CCOCC5)cc4)cc32)sn1. The number of ether oxygens (including phenoxy) is 1. The summed E-state index contributed by atoms with van der Waals surface area (Å²) in [5.74, 6) is -0.425. The number of amides is 1. The molecule has 156 valence electrons. The Labute approximate surface area is 188 Å². The monoisotopic (exact) mass is 450 g/mol. The molecule has 0 aliphatic carbocycles. The minimum Gasteiger partial charge on any atom is -0.506 e. The fraction of sp³-hybridized carbons (Fsp3) is 0.167. The van der Waals surface area contributed by atoms with Crippen molar-refractivity contribution in [3.63, 3.8) is 0 Å². The van der Waals surface area contributed by atoms with Crippen LogP contribution in [0.3, 0.4) is 0 Å². The largest absolute Gasteiger partial charge is 0.506 e. The number of rotatable bonds is 3. The van der Waals surface area contributed by atoms with Crippen LogP contribution in [0.1, 0.15) is 28.1 Å². The second kappa shape index (κ2) is 7.96. The molecule has 3 heterocycles. The van der Waals surface area contributed by atoms with Crippen LogP contribution in [0, 0.1) is 6.92 Å². The molecule has 0 atom stereocenters. The van der Waals surface area contributed by atoms with Gasteiger partial charge in [-0.2, -0.15) is 4.37 Å². The average Bonchev–Trinajstić information content (AvgIpc) is 3.35. The van der Waals surface area contributed by atoms with Crippen LogP contribution in [0.25, 0.3) is 28.0 Å². The number of hydrogen-bond acceptors (Lipinski definition) is 5. The Kier molecular flexibility index (Phi) is 5.14. The predicted octanol–water partition coefficient (Wildman–Crippen LogP) is 5.95. The maximum Gasteiger partial charge on any atom is 0.260 e. The van der Waals surface area contributed by atoms with Crippen LogP contribution in [-0.4, -0.2) is 28.6 Å². The summed E-state index contributed by atoms with van der Waals surface area (Å²) in [5, 5.41) is 14.1. The molecule has 0 saturated carbocycles. The predicted molar refractivity (Wildman–Crippen MR) is 125 cm³/mol. The number of aryl methyl sites for hydroxylation is 1. The number of aliphatic hydroxyl groups excluding tert-OH is 1. The lowest BCUT2D eigenvalue weighted by atomic mass is 9.95. The van der Waals surface area contributed by atoms with E-state index in [1.54, 1.807) is 12.1 Å². The van der Waals surface area contributed by atoms with Crippen molar-refractivity contribution in [2.45, 2.75) is 13.3 Å². The van der Waals surface area contributed by atoms with Crippen LogP contribution in [0.2, 0.25) is 5.02 Å². The lowest BCUT2D eigenvalue weighted by Crippen LogP contribution is -2.05. The van der Waals surface area contributed by atoms with Gasteiger partial charge in [0.25, 0.3) is 5.91 Å². The molecule has 5 rings (SSSR count). The molecule has 2 aliphatic rings. The van der Waals surface area contributed by atoms with Crippen molar-refractivity contribution >= 4 is 51.6 Å². The van der Waals surface area contributed by atoms with Crippen molar-refractivity contribution in [1.29, 1.82) is 0 Å². The number of nitrogens with zero attached hydrogens (tertiary/aromatic N) is 1. The average molecular weight is 451 g/mol. The summed E-state index contributed by atoms with van der Waals surface area (Å²) in [5.41, 5.74) is 6.44. The van der Waals surface area contributed by atoms with Crippen LogP contribution in [0.5, 0.6) is 0 Å². The molecule has 2 aromatic carbocycles. The maximum atomic E-state index is 12.6. The molecule has 0 saturated heterocycles. The van der Waals surface area contributed by atoms with E-state index in [1.807, 2.05) is 25.1 Å². The minimum absolute atomic E-state index is 0.0723. The molecule has 0 fully saturated rings. The zero-order valence-electron chi connectivity index (χ0n) is 16.7. The fourth-order valence-corrected chi connectivity index (χ4v) is 4.88. The first-order valence-electron chi connectivity index (χ1n) is 9.91. The molecule has 0 bridgehead atoms. The number of nitrogens with one attached hydrogen (secondary N) is 1. The summed E-state index contributed by atoms with van der Waals surface area (Å²) in [6.45, 7) is 3.23. The van der Waals surface area contributed by atoms with E-state index >= 15 is 0 Å². The third kappa shape index (κ3) is 3.67. The Morgan fingerprint density at radius 1 is 1.16 bits per heavy atom. The first kappa shape index (κ1) is 20.0. The third-order valence-corrected chi connectivity index (χ3v) is 6.68. The second-order valence-corrected chi connectivity index (χ2v) is 8.73. The number of hydrogen-bond donors (Lipinski definition) is 2. The van der Waals surface area contributed by atoms with Gasteiger partial charge in [0.1, 0.15) is 5.76 Å². The molecule has 0 radical (unpaired) electrons. The Morgan fingerprint density at radius 2 is 1.94 bits per heavy atom. The normalized spacial score (nSPS) is 17.2. The molecule has 2 aliphatic heterocycles. The second-order valence-electron chi connectivity index (χ2n) is 7.52. The molecule has 7 heteroatoms. The number of anilines is 1. The van der Waals surface area contributed by atoms with Gasteiger partial charge in [0.05, 0.1) is 40.1 Å². The number of carbonyl (C=O) groups excluding carboxylic acids is 1. The summed E-state index contributed by atoms with van der Waals surface area (Å²) in [6.07, 6.45) is 3.01. The van der Waals surface area contributed by atoms with E-state index in [0.29, 0.717) is 27.8 Å². The summed E-state index contributed by atoms with van der Waals surface area (Å²) in [4.78, 5) is 13.2. The first-order chi connectivity index (χ1) is 15.0. The number of halogens is 1. The standard InChI is InChI=1S/C24H19ClN2O3S/c1-13-10-21(31-27-13)23(28)22-18-11-17(19(25)12-20(18)26-24(22)29)16-4-2-14(3-5-16)15-6-8-30-9-7-15/h2-6,10-12,28H,7-9H2,1H3,(H,26,29)/b23-22+. The van der Waals surface area contributed by atoms with E-state index in [9.17, 15) is 9.90 Å². The summed E-state index contributed by atoms with van der Waals surface area (Å²) < 4.78 is 9.59. The van der Waals surface area contributed by atoms with Crippen molar-refractivity contribution in [2.24, 2.45) is 0 Å². The van der Waals surface area contributed by atoms with Gasteiger partial charge in [-0.1, -0.05) is 41.9 Å². The summed E-state index contributed by atoms with van der Waals surface area (Å²) in [6, 6.07) is 13.6. The fourth-order valence-electron chi connectivity index (χ4n) is 3.90. The molecular formula is C24H19ClN2O3S. The van der Waals surface area contributed by atoms with Crippen molar-refractivity contribution in [3.8, 4) is 11.1 Å². The van der Waals surface area contributed by atoms with Gasteiger partial charge in [0, 0.05) is 11.1 Å². The molecule has 1 aromatic heterocycles. The molecule has 31 heavy (non-hydrogen) atoms. The lowest BCUT2D eigenvalue weighted by molar-refractivity contribution is -0.110. The van der Waals surface area contributed by atoms with Crippen molar-refractivity contribution in [3.05, 3.63) is 75.3 Å². The highest BCUT2D eigenvalue weighted by atomic mass is 35.5. The lowest BCUT2D eigenvalue weighted by Gasteiger charge is -2.14. The Hall–Kier alpha value is -2.93. The van der Waals surface area contributed by atoms with Gasteiger partial charge < -0.3 is 15.2 Å². The number of fused-ring (bicyclic) bond motifs is 1. The molecular weight excluding hydrogens is 432 g/mol. The first-order valence-corrected chi connectivity index (χ1v) is 11.1. The van der Waals surface area contributed by atoms with Crippen LogP contribution in [-0.2, 0) is 9.53 Å². The van der Waals surface area contributed by atoms with Crippen LogP contribution in [0.15, 0.2) is 48.5 Å². The Balaban J connectivity index is 1.56. The van der Waals surface area contributed by atoms with E-state index in [2.05, 4.69) is 27.9 Å². The van der Waals surface area contributed by atoms with Gasteiger partial charge in [-0.05, 0) is 59.8 Å². The summed E-state index contributed by atoms with van der Waals surface area (Å²) in [7, 11) is 0. The number of aromatic nitrogens is 1. The number of aliphatic hydroxyl groups is 1. The quantitative estimate of drug-likeness (QED) is 0.382. The number of benzene rings is 2. The summed E-state index contributed by atoms with van der Waals surface area (Å²) >= 11 is 7.72. The van der Waals surface area contributed by atoms with Gasteiger partial charge in [-0.3, -0.25) is 4.79 Å². The molecule has 2 N–H and O–H groups in total. The number of carbonyl (C=O) groups is 1. The molecule has 1 amide bonds. The van der Waals surface area contributed by atoms with Gasteiger partial charge in [-0.15, -0.1) is 0 Å². The highest BCUT2D eigenvalue weighted by Gasteiger charge is 2.30. The smallest absolute Gasteiger partial charge is 0.260 e. The van der Waals surface area contributed by atoms with E-state index in [0.717, 1.165) is 41.4 Å². The van der Waals surface area contributed by atoms with Crippen molar-refractivity contribution in [2.75, 3.05) is 18.5 Å². The van der Waals surface area contributed by atoms with Crippen LogP contribution >= 0.6 is 23.1 Å². The van der Waals surface area contributed by atoms with Gasteiger partial charge in [0.15, 0.2) is 0 Å². The Morgan fingerprint density at radius 3 is 2.61 bits per heavy atom. The topological polar surface area (TPSA) is 71.5 Å². The van der Waals surface area contributed by atoms with Crippen molar-refractivity contribution in [1.82, 2.24) is 4.37 Å². The van der Waals surface area contributed by atoms with E-state index in [1.165, 1.54) is 11.1 Å². The molecule has 0 unspecified atom stereocenters. The molecule has 5 nitrogen and oxygen atoms in total. The zero-order chi connectivity index (χ0) is 21.5. The highest BCUT2D eigenvalue weighted by molar-refractivity contribution is 7.07.